The molecule has 2 aromatic carbocycles. The molecule has 0 saturated carbocycles. The molecule has 0 bridgehead atoms. The third kappa shape index (κ3) is 3.46. The molecule has 31 heavy (non-hydrogen) atoms. The number of aryl methyl sites for hydroxylation is 2. The molecule has 0 aliphatic carbocycles. The van der Waals surface area contributed by atoms with Crippen LogP contribution in [0.3, 0.4) is 0 Å². The quantitative estimate of drug-likeness (QED) is 0.456. The van der Waals surface area contributed by atoms with Crippen LogP contribution in [0.25, 0.3) is 33.9 Å². The first-order valence-corrected chi connectivity index (χ1v) is 9.75. The maximum Gasteiger partial charge on any atom is 0.291 e. The van der Waals surface area contributed by atoms with Crippen molar-refractivity contribution in [2.24, 2.45) is 0 Å². The molecule has 5 aromatic rings. The zero-order chi connectivity index (χ0) is 21.4. The van der Waals surface area contributed by atoms with Crippen LogP contribution in [0.1, 0.15) is 23.0 Å². The third-order valence-electron chi connectivity index (χ3n) is 4.98. The summed E-state index contributed by atoms with van der Waals surface area (Å²) in [7, 11) is 0. The van der Waals surface area contributed by atoms with Gasteiger partial charge in [0.2, 0.25) is 5.82 Å². The molecule has 9 heteroatoms. The van der Waals surface area contributed by atoms with Gasteiger partial charge in [-0.05, 0) is 61.9 Å². The van der Waals surface area contributed by atoms with E-state index in [4.69, 9.17) is 8.94 Å². The SMILES string of the molecule is CCn1nnc2cc(-c3noc(-c4ccc(C)c(NC(=O)c5ccco5)c4)n3)ccc21. The fourth-order valence-corrected chi connectivity index (χ4v) is 3.28. The van der Waals surface area contributed by atoms with E-state index in [-0.39, 0.29) is 11.7 Å². The van der Waals surface area contributed by atoms with Gasteiger partial charge in [-0.3, -0.25) is 4.79 Å². The second kappa shape index (κ2) is 7.52. The van der Waals surface area contributed by atoms with E-state index in [9.17, 15) is 4.79 Å². The second-order valence-corrected chi connectivity index (χ2v) is 6.99. The van der Waals surface area contributed by atoms with Gasteiger partial charge in [-0.1, -0.05) is 16.4 Å². The zero-order valence-corrected chi connectivity index (χ0v) is 16.9. The van der Waals surface area contributed by atoms with Gasteiger partial charge in [-0.15, -0.1) is 5.10 Å². The number of nitrogens with zero attached hydrogens (tertiary/aromatic N) is 5. The number of carbonyl (C=O) groups excluding carboxylic acids is 1. The van der Waals surface area contributed by atoms with Crippen LogP contribution in [0.2, 0.25) is 0 Å². The average molecular weight is 414 g/mol. The molecule has 3 aromatic heterocycles. The average Bonchev–Trinajstić information content (AvgIpc) is 3.54. The number of benzene rings is 2. The Labute approximate surface area is 176 Å². The van der Waals surface area contributed by atoms with Gasteiger partial charge in [0, 0.05) is 23.4 Å². The fraction of sp³-hybridized carbons (Fsp3) is 0.136. The van der Waals surface area contributed by atoms with Gasteiger partial charge in [0.25, 0.3) is 11.8 Å². The fourth-order valence-electron chi connectivity index (χ4n) is 3.28. The maximum absolute atomic E-state index is 12.3. The summed E-state index contributed by atoms with van der Waals surface area (Å²) in [4.78, 5) is 16.8. The molecule has 0 aliphatic rings. The third-order valence-corrected chi connectivity index (χ3v) is 4.98. The van der Waals surface area contributed by atoms with Crippen molar-refractivity contribution < 1.29 is 13.7 Å². The van der Waals surface area contributed by atoms with E-state index in [1.165, 1.54) is 6.26 Å². The summed E-state index contributed by atoms with van der Waals surface area (Å²) < 4.78 is 12.5. The number of hydrogen-bond acceptors (Lipinski definition) is 7. The predicted molar refractivity (Wildman–Crippen MR) is 113 cm³/mol. The van der Waals surface area contributed by atoms with Gasteiger partial charge < -0.3 is 14.3 Å². The van der Waals surface area contributed by atoms with Crippen LogP contribution in [-0.4, -0.2) is 31.0 Å². The molecule has 0 spiro atoms. The van der Waals surface area contributed by atoms with Crippen LogP contribution >= 0.6 is 0 Å². The Kier molecular flexibility index (Phi) is 4.55. The molecule has 154 valence electrons. The topological polar surface area (TPSA) is 112 Å². The summed E-state index contributed by atoms with van der Waals surface area (Å²) in [5.41, 5.74) is 4.72. The Morgan fingerprint density at radius 1 is 1.13 bits per heavy atom. The summed E-state index contributed by atoms with van der Waals surface area (Å²) in [6, 6.07) is 14.6. The molecule has 1 N–H and O–H groups in total. The maximum atomic E-state index is 12.3. The molecule has 0 radical (unpaired) electrons. The number of amides is 1. The molecule has 9 nitrogen and oxygen atoms in total. The van der Waals surface area contributed by atoms with Crippen LogP contribution in [0.5, 0.6) is 0 Å². The number of hydrogen-bond donors (Lipinski definition) is 1. The largest absolute Gasteiger partial charge is 0.459 e. The highest BCUT2D eigenvalue weighted by Gasteiger charge is 2.15. The Hall–Kier alpha value is -4.27. The molecule has 0 aliphatic heterocycles. The van der Waals surface area contributed by atoms with Crippen molar-refractivity contribution in [3.8, 4) is 22.8 Å². The summed E-state index contributed by atoms with van der Waals surface area (Å²) in [6.07, 6.45) is 1.46. The standard InChI is InChI=1S/C22H18N6O3/c1-3-28-18-9-8-14(11-17(18)25-27-28)20-24-22(31-26-20)15-7-6-13(2)16(12-15)23-21(29)19-5-4-10-30-19/h4-12H,3H2,1-2H3,(H,23,29). The second-order valence-electron chi connectivity index (χ2n) is 6.99. The van der Waals surface area contributed by atoms with Crippen LogP contribution in [-0.2, 0) is 6.54 Å². The minimum atomic E-state index is -0.329. The number of nitrogens with one attached hydrogen (secondary N) is 1. The lowest BCUT2D eigenvalue weighted by Crippen LogP contribution is -2.11. The highest BCUT2D eigenvalue weighted by Crippen LogP contribution is 2.28. The van der Waals surface area contributed by atoms with Crippen molar-refractivity contribution in [3.05, 3.63) is 66.1 Å². The van der Waals surface area contributed by atoms with E-state index < -0.39 is 0 Å². The summed E-state index contributed by atoms with van der Waals surface area (Å²) >= 11 is 0. The number of aromatic nitrogens is 5. The summed E-state index contributed by atoms with van der Waals surface area (Å²) in [6.45, 7) is 4.66. The molecular formula is C22H18N6O3. The van der Waals surface area contributed by atoms with Gasteiger partial charge in [-0.25, -0.2) is 4.68 Å². The number of furan rings is 1. The van der Waals surface area contributed by atoms with E-state index in [0.717, 1.165) is 28.7 Å². The molecule has 0 atom stereocenters. The van der Waals surface area contributed by atoms with Crippen molar-refractivity contribution in [2.45, 2.75) is 20.4 Å². The number of fused-ring (bicyclic) bond motifs is 1. The predicted octanol–water partition coefficient (Wildman–Crippen LogP) is 4.32. The highest BCUT2D eigenvalue weighted by molar-refractivity contribution is 6.02. The minimum Gasteiger partial charge on any atom is -0.459 e. The lowest BCUT2D eigenvalue weighted by molar-refractivity contribution is 0.0996. The molecular weight excluding hydrogens is 396 g/mol. The Morgan fingerprint density at radius 2 is 2.00 bits per heavy atom. The Bertz CT molecular complexity index is 1380. The monoisotopic (exact) mass is 414 g/mol. The Balaban J connectivity index is 1.43. The van der Waals surface area contributed by atoms with Crippen LogP contribution < -0.4 is 5.32 Å². The van der Waals surface area contributed by atoms with Crippen LogP contribution in [0.4, 0.5) is 5.69 Å². The van der Waals surface area contributed by atoms with Crippen molar-refractivity contribution in [3.63, 3.8) is 0 Å². The first kappa shape index (κ1) is 18.7. The molecule has 5 rings (SSSR count). The molecule has 0 unspecified atom stereocenters. The molecule has 1 amide bonds. The minimum absolute atomic E-state index is 0.236. The number of anilines is 1. The van der Waals surface area contributed by atoms with E-state index >= 15 is 0 Å². The molecule has 0 fully saturated rings. The smallest absolute Gasteiger partial charge is 0.291 e. The van der Waals surface area contributed by atoms with E-state index in [1.54, 1.807) is 18.2 Å². The Morgan fingerprint density at radius 3 is 2.81 bits per heavy atom. The summed E-state index contributed by atoms with van der Waals surface area (Å²) in [5, 5.41) is 15.3. The molecule has 3 heterocycles. The summed E-state index contributed by atoms with van der Waals surface area (Å²) in [5.74, 6) is 0.704. The first-order chi connectivity index (χ1) is 15.1. The van der Waals surface area contributed by atoms with Crippen LogP contribution in [0, 0.1) is 6.92 Å². The van der Waals surface area contributed by atoms with E-state index in [1.807, 2.05) is 48.9 Å². The lowest BCUT2D eigenvalue weighted by Gasteiger charge is -2.08. The van der Waals surface area contributed by atoms with Crippen LogP contribution in [0.15, 0.2) is 63.7 Å². The normalized spacial score (nSPS) is 11.2. The van der Waals surface area contributed by atoms with Crippen molar-refractivity contribution >= 4 is 22.6 Å². The van der Waals surface area contributed by atoms with Crippen molar-refractivity contribution in [1.29, 1.82) is 0 Å². The number of carbonyl (C=O) groups is 1. The van der Waals surface area contributed by atoms with Gasteiger partial charge in [-0.2, -0.15) is 4.98 Å². The molecule has 0 saturated heterocycles. The number of rotatable bonds is 5. The lowest BCUT2D eigenvalue weighted by atomic mass is 10.1. The first-order valence-electron chi connectivity index (χ1n) is 9.75. The van der Waals surface area contributed by atoms with E-state index in [2.05, 4.69) is 25.8 Å². The van der Waals surface area contributed by atoms with Crippen molar-refractivity contribution in [2.75, 3.05) is 5.32 Å². The van der Waals surface area contributed by atoms with Gasteiger partial charge in [0.05, 0.1) is 11.8 Å². The highest BCUT2D eigenvalue weighted by atomic mass is 16.5. The van der Waals surface area contributed by atoms with Gasteiger partial charge in [0.1, 0.15) is 5.52 Å². The van der Waals surface area contributed by atoms with Gasteiger partial charge >= 0.3 is 0 Å². The van der Waals surface area contributed by atoms with E-state index in [0.29, 0.717) is 23.0 Å². The van der Waals surface area contributed by atoms with Gasteiger partial charge in [0.15, 0.2) is 5.76 Å². The van der Waals surface area contributed by atoms with Crippen molar-refractivity contribution in [1.82, 2.24) is 25.1 Å². The zero-order valence-electron chi connectivity index (χ0n) is 16.9.